The monoisotopic (exact) mass is 491 g/mol. The Morgan fingerprint density at radius 3 is 2.17 bits per heavy atom. The Hall–Kier alpha value is -3.75. The summed E-state index contributed by atoms with van der Waals surface area (Å²) in [4.78, 5) is 24.6. The summed E-state index contributed by atoms with van der Waals surface area (Å²) in [5.41, 5.74) is 2.87. The molecule has 0 spiro atoms. The summed E-state index contributed by atoms with van der Waals surface area (Å²) in [5, 5.41) is 8.60. The van der Waals surface area contributed by atoms with Gasteiger partial charge in [-0.3, -0.25) is 14.9 Å². The molecule has 2 amide bonds. The quantitative estimate of drug-likeness (QED) is 0.275. The predicted molar refractivity (Wildman–Crippen MR) is 141 cm³/mol. The molecule has 0 bridgehead atoms. The van der Waals surface area contributed by atoms with E-state index in [-0.39, 0.29) is 16.9 Å². The molecular formula is C27H29N3O4S. The van der Waals surface area contributed by atoms with Crippen LogP contribution in [0.5, 0.6) is 5.75 Å². The van der Waals surface area contributed by atoms with Crippen LogP contribution in [0.1, 0.15) is 32.7 Å². The van der Waals surface area contributed by atoms with E-state index in [4.69, 9.17) is 21.7 Å². The first kappa shape index (κ1) is 25.9. The number of nitrogens with one attached hydrogen (secondary N) is 3. The normalized spacial score (nSPS) is 10.3. The number of thiocarbonyl (C=S) groups is 1. The van der Waals surface area contributed by atoms with Gasteiger partial charge in [0.2, 0.25) is 0 Å². The summed E-state index contributed by atoms with van der Waals surface area (Å²) in [7, 11) is 1.63. The fourth-order valence-corrected chi connectivity index (χ4v) is 3.41. The Bertz CT molecular complexity index is 1100. The van der Waals surface area contributed by atoms with Crippen LogP contribution < -0.4 is 20.7 Å². The zero-order chi connectivity index (χ0) is 24.9. The van der Waals surface area contributed by atoms with E-state index >= 15 is 0 Å². The van der Waals surface area contributed by atoms with Gasteiger partial charge in [0.05, 0.1) is 6.61 Å². The average Bonchev–Trinajstić information content (AvgIpc) is 2.88. The Kier molecular flexibility index (Phi) is 10.2. The van der Waals surface area contributed by atoms with E-state index in [9.17, 15) is 9.59 Å². The SMILES string of the molecule is COCCCNC(=O)c1ccc(NC(=S)NC(=O)c2ccc(OCCc3ccccc3)cc2)cc1. The zero-order valence-corrected chi connectivity index (χ0v) is 20.4. The maximum absolute atomic E-state index is 12.5. The van der Waals surface area contributed by atoms with Crippen LogP contribution >= 0.6 is 12.2 Å². The molecule has 0 aliphatic carbocycles. The van der Waals surface area contributed by atoms with Gasteiger partial charge in [-0.1, -0.05) is 30.3 Å². The van der Waals surface area contributed by atoms with Crippen LogP contribution in [0.3, 0.4) is 0 Å². The van der Waals surface area contributed by atoms with Gasteiger partial charge >= 0.3 is 0 Å². The van der Waals surface area contributed by atoms with Crippen molar-refractivity contribution in [1.82, 2.24) is 10.6 Å². The van der Waals surface area contributed by atoms with Crippen molar-refractivity contribution in [3.05, 3.63) is 95.6 Å². The molecule has 0 saturated heterocycles. The van der Waals surface area contributed by atoms with Crippen LogP contribution in [0.25, 0.3) is 0 Å². The summed E-state index contributed by atoms with van der Waals surface area (Å²) in [6.07, 6.45) is 1.56. The molecule has 7 nitrogen and oxygen atoms in total. The topological polar surface area (TPSA) is 88.7 Å². The van der Waals surface area contributed by atoms with Crippen molar-refractivity contribution in [2.24, 2.45) is 0 Å². The van der Waals surface area contributed by atoms with Crippen LogP contribution in [0.4, 0.5) is 5.69 Å². The van der Waals surface area contributed by atoms with E-state index < -0.39 is 0 Å². The van der Waals surface area contributed by atoms with Gasteiger partial charge in [0.1, 0.15) is 5.75 Å². The molecule has 0 saturated carbocycles. The Morgan fingerprint density at radius 2 is 1.49 bits per heavy atom. The zero-order valence-electron chi connectivity index (χ0n) is 19.6. The van der Waals surface area contributed by atoms with Crippen LogP contribution in [0, 0.1) is 0 Å². The minimum atomic E-state index is -0.328. The molecule has 35 heavy (non-hydrogen) atoms. The van der Waals surface area contributed by atoms with Gasteiger partial charge in [0.15, 0.2) is 5.11 Å². The highest BCUT2D eigenvalue weighted by molar-refractivity contribution is 7.80. The molecule has 0 aliphatic rings. The maximum atomic E-state index is 12.5. The van der Waals surface area contributed by atoms with Crippen molar-refractivity contribution in [1.29, 1.82) is 0 Å². The number of ether oxygens (including phenoxy) is 2. The van der Waals surface area contributed by atoms with Crippen molar-refractivity contribution < 1.29 is 19.1 Å². The highest BCUT2D eigenvalue weighted by atomic mass is 32.1. The number of anilines is 1. The summed E-state index contributed by atoms with van der Waals surface area (Å²) < 4.78 is 10.7. The largest absolute Gasteiger partial charge is 0.493 e. The molecule has 8 heteroatoms. The van der Waals surface area contributed by atoms with Gasteiger partial charge in [0.25, 0.3) is 11.8 Å². The highest BCUT2D eigenvalue weighted by Crippen LogP contribution is 2.14. The van der Waals surface area contributed by atoms with Crippen LogP contribution in [-0.4, -0.2) is 43.8 Å². The van der Waals surface area contributed by atoms with Gasteiger partial charge in [-0.25, -0.2) is 0 Å². The van der Waals surface area contributed by atoms with Crippen LogP contribution in [0.2, 0.25) is 0 Å². The molecule has 0 unspecified atom stereocenters. The second kappa shape index (κ2) is 13.8. The maximum Gasteiger partial charge on any atom is 0.257 e. The van der Waals surface area contributed by atoms with E-state index in [0.29, 0.717) is 42.3 Å². The Morgan fingerprint density at radius 1 is 0.829 bits per heavy atom. The molecule has 3 rings (SSSR count). The van der Waals surface area contributed by atoms with Gasteiger partial charge in [-0.05, 0) is 72.7 Å². The van der Waals surface area contributed by atoms with Gasteiger partial charge in [-0.15, -0.1) is 0 Å². The van der Waals surface area contributed by atoms with Gasteiger partial charge in [0, 0.05) is 43.5 Å². The number of carbonyl (C=O) groups excluding carboxylic acids is 2. The number of benzene rings is 3. The van der Waals surface area contributed by atoms with Crippen LogP contribution in [-0.2, 0) is 11.2 Å². The summed E-state index contributed by atoms with van der Waals surface area (Å²) in [5.74, 6) is 0.211. The fourth-order valence-electron chi connectivity index (χ4n) is 3.20. The third-order valence-electron chi connectivity index (χ3n) is 5.06. The lowest BCUT2D eigenvalue weighted by atomic mass is 10.2. The number of rotatable bonds is 11. The molecule has 182 valence electrons. The number of amides is 2. The molecule has 0 aromatic heterocycles. The van der Waals surface area contributed by atoms with E-state index in [1.165, 1.54) is 5.56 Å². The Labute approximate surface area is 210 Å². The number of methoxy groups -OCH3 is 1. The minimum absolute atomic E-state index is 0.156. The second-order valence-electron chi connectivity index (χ2n) is 7.70. The molecule has 3 N–H and O–H groups in total. The average molecular weight is 492 g/mol. The second-order valence-corrected chi connectivity index (χ2v) is 8.10. The Balaban J connectivity index is 1.42. The first-order chi connectivity index (χ1) is 17.0. The lowest BCUT2D eigenvalue weighted by molar-refractivity contribution is 0.0946. The number of carbonyl (C=O) groups is 2. The van der Waals surface area contributed by atoms with Gasteiger partial charge in [-0.2, -0.15) is 0 Å². The van der Waals surface area contributed by atoms with Gasteiger partial charge < -0.3 is 20.1 Å². The smallest absolute Gasteiger partial charge is 0.257 e. The summed E-state index contributed by atoms with van der Waals surface area (Å²) in [6.45, 7) is 1.69. The number of hydrogen-bond acceptors (Lipinski definition) is 5. The molecular weight excluding hydrogens is 462 g/mol. The predicted octanol–water partition coefficient (Wildman–Crippen LogP) is 4.20. The molecule has 0 radical (unpaired) electrons. The molecule has 0 atom stereocenters. The van der Waals surface area contributed by atoms with Crippen molar-refractivity contribution in [2.45, 2.75) is 12.8 Å². The van der Waals surface area contributed by atoms with E-state index in [1.54, 1.807) is 55.6 Å². The molecule has 0 fully saturated rings. The van der Waals surface area contributed by atoms with E-state index in [2.05, 4.69) is 28.1 Å². The standard InChI is InChI=1S/C27H29N3O4S/c1-33-18-5-17-28-25(31)21-8-12-23(13-9-21)29-27(35)30-26(32)22-10-14-24(15-11-22)34-19-16-20-6-3-2-4-7-20/h2-4,6-15H,5,16-19H2,1H3,(H,28,31)(H2,29,30,32,35). The highest BCUT2D eigenvalue weighted by Gasteiger charge is 2.09. The fraction of sp³-hybridized carbons (Fsp3) is 0.222. The van der Waals surface area contributed by atoms with Crippen molar-refractivity contribution in [3.63, 3.8) is 0 Å². The van der Waals surface area contributed by atoms with Crippen LogP contribution in [0.15, 0.2) is 78.9 Å². The molecule has 0 heterocycles. The van der Waals surface area contributed by atoms with E-state index in [1.807, 2.05) is 18.2 Å². The lowest BCUT2D eigenvalue weighted by Crippen LogP contribution is -2.34. The molecule has 3 aromatic rings. The third-order valence-corrected chi connectivity index (χ3v) is 5.27. The summed E-state index contributed by atoms with van der Waals surface area (Å²) >= 11 is 5.25. The number of hydrogen-bond donors (Lipinski definition) is 3. The molecule has 0 aliphatic heterocycles. The van der Waals surface area contributed by atoms with Crippen molar-refractivity contribution in [2.75, 3.05) is 32.2 Å². The lowest BCUT2D eigenvalue weighted by Gasteiger charge is -2.11. The minimum Gasteiger partial charge on any atom is -0.493 e. The first-order valence-corrected chi connectivity index (χ1v) is 11.7. The first-order valence-electron chi connectivity index (χ1n) is 11.3. The van der Waals surface area contributed by atoms with Crippen molar-refractivity contribution in [3.8, 4) is 5.75 Å². The summed E-state index contributed by atoms with van der Waals surface area (Å²) in [6, 6.07) is 23.8. The molecule has 3 aromatic carbocycles. The van der Waals surface area contributed by atoms with Crippen molar-refractivity contribution >= 4 is 34.8 Å². The van der Waals surface area contributed by atoms with E-state index in [0.717, 1.165) is 12.8 Å². The third kappa shape index (κ3) is 8.84.